The number of rotatable bonds is 9. The Morgan fingerprint density at radius 2 is 1.85 bits per heavy atom. The number of para-hydroxylation sites is 1. The number of hydrogen-bond acceptors (Lipinski definition) is 3. The summed E-state index contributed by atoms with van der Waals surface area (Å²) in [5.41, 5.74) is 1.78. The third-order valence-electron chi connectivity index (χ3n) is 3.79. The summed E-state index contributed by atoms with van der Waals surface area (Å²) in [7, 11) is 1.66. The zero-order valence-electron chi connectivity index (χ0n) is 15.5. The fraction of sp³-hybridized carbons (Fsp3) is 0.350. The molecule has 2 N–H and O–H groups in total. The summed E-state index contributed by atoms with van der Waals surface area (Å²) in [6.07, 6.45) is 0.848. The smallest absolute Gasteiger partial charge is 0.387 e. The van der Waals surface area contributed by atoms with Crippen LogP contribution >= 0.6 is 0 Å². The molecule has 5 nitrogen and oxygen atoms in total. The summed E-state index contributed by atoms with van der Waals surface area (Å²) in [6.45, 7) is 0.194. The second-order valence-electron chi connectivity index (χ2n) is 5.64. The Balaban J connectivity index is 1.95. The fourth-order valence-corrected chi connectivity index (χ4v) is 2.56. The van der Waals surface area contributed by atoms with Gasteiger partial charge in [0.15, 0.2) is 17.5 Å². The first-order valence-corrected chi connectivity index (χ1v) is 8.82. The third-order valence-corrected chi connectivity index (χ3v) is 3.79. The van der Waals surface area contributed by atoms with Crippen LogP contribution in [0.4, 0.5) is 8.78 Å². The van der Waals surface area contributed by atoms with Gasteiger partial charge in [0, 0.05) is 25.7 Å². The number of benzene rings is 2. The van der Waals surface area contributed by atoms with Gasteiger partial charge in [-0.1, -0.05) is 42.5 Å². The molecule has 7 heteroatoms. The second-order valence-corrected chi connectivity index (χ2v) is 5.64. The minimum absolute atomic E-state index is 0.0431. The van der Waals surface area contributed by atoms with Crippen LogP contribution in [-0.2, 0) is 13.0 Å². The molecule has 0 aliphatic rings. The molecule has 0 amide bonds. The molecule has 0 aliphatic carbocycles. The van der Waals surface area contributed by atoms with Crippen molar-refractivity contribution in [3.63, 3.8) is 0 Å². The molecule has 2 aromatic rings. The van der Waals surface area contributed by atoms with Crippen LogP contribution in [0.1, 0.15) is 18.1 Å². The number of hydrogen-bond donors (Lipinski definition) is 2. The molecule has 0 saturated carbocycles. The van der Waals surface area contributed by atoms with Crippen molar-refractivity contribution in [2.45, 2.75) is 26.5 Å². The van der Waals surface area contributed by atoms with E-state index in [-0.39, 0.29) is 12.3 Å². The first-order chi connectivity index (χ1) is 13.1. The SMILES string of the molecule is CCOc1cccc(CNC(=NC)NCCc2ccccc2)c1OC(F)F. The molecule has 0 fully saturated rings. The molecular formula is C20H25F2N3O2. The lowest BCUT2D eigenvalue weighted by Gasteiger charge is -2.17. The highest BCUT2D eigenvalue weighted by Gasteiger charge is 2.15. The summed E-state index contributed by atoms with van der Waals surface area (Å²) < 4.78 is 35.6. The molecule has 0 saturated heterocycles. The van der Waals surface area contributed by atoms with Gasteiger partial charge < -0.3 is 20.1 Å². The van der Waals surface area contributed by atoms with E-state index >= 15 is 0 Å². The van der Waals surface area contributed by atoms with Gasteiger partial charge in [0.2, 0.25) is 0 Å². The van der Waals surface area contributed by atoms with Crippen LogP contribution in [0.3, 0.4) is 0 Å². The zero-order valence-corrected chi connectivity index (χ0v) is 15.5. The molecule has 0 bridgehead atoms. The Morgan fingerprint density at radius 1 is 1.07 bits per heavy atom. The minimum atomic E-state index is -2.92. The maximum Gasteiger partial charge on any atom is 0.387 e. The van der Waals surface area contributed by atoms with Crippen molar-refractivity contribution in [3.05, 3.63) is 59.7 Å². The van der Waals surface area contributed by atoms with Crippen molar-refractivity contribution < 1.29 is 18.3 Å². The van der Waals surface area contributed by atoms with Gasteiger partial charge in [-0.3, -0.25) is 4.99 Å². The zero-order chi connectivity index (χ0) is 19.5. The number of alkyl halides is 2. The number of nitrogens with zero attached hydrogens (tertiary/aromatic N) is 1. The molecule has 0 heterocycles. The number of guanidine groups is 1. The monoisotopic (exact) mass is 377 g/mol. The van der Waals surface area contributed by atoms with E-state index < -0.39 is 6.61 Å². The molecule has 0 aromatic heterocycles. The standard InChI is InChI=1S/C20H25F2N3O2/c1-3-26-17-11-7-10-16(18(17)27-19(21)22)14-25-20(23-2)24-13-12-15-8-5-4-6-9-15/h4-11,19H,3,12-14H2,1-2H3,(H2,23,24,25). The normalized spacial score (nSPS) is 11.4. The topological polar surface area (TPSA) is 54.9 Å². The summed E-state index contributed by atoms with van der Waals surface area (Å²) in [5.74, 6) is 0.918. The van der Waals surface area contributed by atoms with Crippen LogP contribution < -0.4 is 20.1 Å². The van der Waals surface area contributed by atoms with Crippen molar-refractivity contribution in [1.29, 1.82) is 0 Å². The van der Waals surface area contributed by atoms with Gasteiger partial charge in [-0.05, 0) is 25.0 Å². The quantitative estimate of drug-likeness (QED) is 0.518. The van der Waals surface area contributed by atoms with Crippen LogP contribution in [0.2, 0.25) is 0 Å². The highest BCUT2D eigenvalue weighted by atomic mass is 19.3. The van der Waals surface area contributed by atoms with Gasteiger partial charge in [0.05, 0.1) is 6.61 Å². The average Bonchev–Trinajstić information content (AvgIpc) is 2.67. The maximum atomic E-state index is 12.8. The predicted octanol–water partition coefficient (Wildman–Crippen LogP) is 3.59. The number of nitrogens with one attached hydrogen (secondary N) is 2. The maximum absolute atomic E-state index is 12.8. The third kappa shape index (κ3) is 6.77. The molecule has 0 aliphatic heterocycles. The summed E-state index contributed by atoms with van der Waals surface area (Å²) in [4.78, 5) is 4.16. The van der Waals surface area contributed by atoms with Crippen molar-refractivity contribution in [1.82, 2.24) is 10.6 Å². The van der Waals surface area contributed by atoms with E-state index in [9.17, 15) is 8.78 Å². The van der Waals surface area contributed by atoms with E-state index in [2.05, 4.69) is 32.5 Å². The summed E-state index contributed by atoms with van der Waals surface area (Å²) in [5, 5.41) is 6.32. The lowest BCUT2D eigenvalue weighted by Crippen LogP contribution is -2.38. The molecule has 146 valence electrons. The molecule has 0 radical (unpaired) electrons. The predicted molar refractivity (Wildman–Crippen MR) is 103 cm³/mol. The first kappa shape index (κ1) is 20.5. The Bertz CT molecular complexity index is 724. The first-order valence-electron chi connectivity index (χ1n) is 8.82. The molecule has 27 heavy (non-hydrogen) atoms. The fourth-order valence-electron chi connectivity index (χ4n) is 2.56. The van der Waals surface area contributed by atoms with Crippen molar-refractivity contribution in [3.8, 4) is 11.5 Å². The van der Waals surface area contributed by atoms with Crippen LogP contribution in [0, 0.1) is 0 Å². The molecule has 0 unspecified atom stereocenters. The van der Waals surface area contributed by atoms with Crippen LogP contribution in [0.15, 0.2) is 53.5 Å². The number of halogens is 2. The average molecular weight is 377 g/mol. The van der Waals surface area contributed by atoms with Gasteiger partial charge in [0.25, 0.3) is 0 Å². The van der Waals surface area contributed by atoms with Crippen molar-refractivity contribution in [2.24, 2.45) is 4.99 Å². The Labute approximate surface area is 158 Å². The van der Waals surface area contributed by atoms with Crippen LogP contribution in [0.5, 0.6) is 11.5 Å². The van der Waals surface area contributed by atoms with E-state index in [1.165, 1.54) is 5.56 Å². The lowest BCUT2D eigenvalue weighted by molar-refractivity contribution is -0.0520. The van der Waals surface area contributed by atoms with E-state index in [0.29, 0.717) is 30.4 Å². The van der Waals surface area contributed by atoms with Gasteiger partial charge >= 0.3 is 6.61 Å². The Kier molecular flexibility index (Phi) is 8.35. The molecule has 0 spiro atoms. The molecule has 2 rings (SSSR count). The summed E-state index contributed by atoms with van der Waals surface area (Å²) >= 11 is 0. The van der Waals surface area contributed by atoms with Crippen LogP contribution in [-0.4, -0.2) is 32.8 Å². The van der Waals surface area contributed by atoms with E-state index in [0.717, 1.165) is 6.42 Å². The molecule has 0 atom stereocenters. The van der Waals surface area contributed by atoms with Gasteiger partial charge in [-0.2, -0.15) is 8.78 Å². The van der Waals surface area contributed by atoms with E-state index in [1.54, 1.807) is 32.2 Å². The van der Waals surface area contributed by atoms with Gasteiger partial charge in [-0.15, -0.1) is 0 Å². The van der Waals surface area contributed by atoms with Gasteiger partial charge in [-0.25, -0.2) is 0 Å². The Morgan fingerprint density at radius 3 is 2.52 bits per heavy atom. The van der Waals surface area contributed by atoms with Gasteiger partial charge in [0.1, 0.15) is 0 Å². The van der Waals surface area contributed by atoms with E-state index in [1.807, 2.05) is 18.2 Å². The summed E-state index contributed by atoms with van der Waals surface area (Å²) in [6, 6.07) is 15.2. The highest BCUT2D eigenvalue weighted by molar-refractivity contribution is 5.79. The molecular weight excluding hydrogens is 352 g/mol. The van der Waals surface area contributed by atoms with E-state index in [4.69, 9.17) is 4.74 Å². The van der Waals surface area contributed by atoms with Crippen LogP contribution in [0.25, 0.3) is 0 Å². The van der Waals surface area contributed by atoms with Crippen molar-refractivity contribution in [2.75, 3.05) is 20.2 Å². The second kappa shape index (κ2) is 11.0. The highest BCUT2D eigenvalue weighted by Crippen LogP contribution is 2.32. The van der Waals surface area contributed by atoms with Crippen molar-refractivity contribution >= 4 is 5.96 Å². The minimum Gasteiger partial charge on any atom is -0.490 e. The largest absolute Gasteiger partial charge is 0.490 e. The Hall–Kier alpha value is -2.83. The number of ether oxygens (including phenoxy) is 2. The lowest BCUT2D eigenvalue weighted by atomic mass is 10.1. The number of aliphatic imine (C=N–C) groups is 1. The molecule has 2 aromatic carbocycles.